The minimum atomic E-state index is -0.237. The Bertz CT molecular complexity index is 1020. The highest BCUT2D eigenvalue weighted by molar-refractivity contribution is 5.93. The van der Waals surface area contributed by atoms with E-state index in [9.17, 15) is 9.90 Å². The fourth-order valence-electron chi connectivity index (χ4n) is 3.49. The van der Waals surface area contributed by atoms with Gasteiger partial charge >= 0.3 is 0 Å². The fraction of sp³-hybridized carbons (Fsp3) is 0.368. The Morgan fingerprint density at radius 2 is 1.93 bits per heavy atom. The van der Waals surface area contributed by atoms with Gasteiger partial charge in [0.1, 0.15) is 5.82 Å². The van der Waals surface area contributed by atoms with Gasteiger partial charge in [0.25, 0.3) is 5.56 Å². The molecule has 4 rings (SSSR count). The first-order chi connectivity index (χ1) is 13.0. The Morgan fingerprint density at radius 3 is 2.63 bits per heavy atom. The van der Waals surface area contributed by atoms with E-state index in [2.05, 4.69) is 15.3 Å². The number of pyridine rings is 2. The quantitative estimate of drug-likeness (QED) is 0.645. The molecule has 3 aromatic heterocycles. The maximum atomic E-state index is 12.7. The predicted octanol–water partition coefficient (Wildman–Crippen LogP) is 1.69. The van der Waals surface area contributed by atoms with Gasteiger partial charge in [-0.2, -0.15) is 0 Å². The number of hydrogen-bond donors (Lipinski definition) is 3. The molecule has 1 saturated carbocycles. The van der Waals surface area contributed by atoms with Crippen molar-refractivity contribution in [3.8, 4) is 11.3 Å². The third kappa shape index (κ3) is 3.48. The molecule has 0 saturated heterocycles. The van der Waals surface area contributed by atoms with Gasteiger partial charge in [-0.05, 0) is 43.2 Å². The van der Waals surface area contributed by atoms with E-state index in [0.717, 1.165) is 36.6 Å². The van der Waals surface area contributed by atoms with Crippen molar-refractivity contribution in [1.29, 1.82) is 0 Å². The van der Waals surface area contributed by atoms with Crippen LogP contribution < -0.4 is 16.6 Å². The second kappa shape index (κ2) is 6.96. The average Bonchev–Trinajstić information content (AvgIpc) is 2.67. The first-order valence-corrected chi connectivity index (χ1v) is 9.04. The fourth-order valence-corrected chi connectivity index (χ4v) is 3.49. The molecule has 0 unspecified atom stereocenters. The minimum absolute atomic E-state index is 0.0987. The summed E-state index contributed by atoms with van der Waals surface area (Å²) < 4.78 is 1.55. The molecule has 0 aliphatic heterocycles. The molecule has 0 bridgehead atoms. The lowest BCUT2D eigenvalue weighted by Crippen LogP contribution is -2.29. The predicted molar refractivity (Wildman–Crippen MR) is 104 cm³/mol. The van der Waals surface area contributed by atoms with Crippen molar-refractivity contribution in [2.45, 2.75) is 37.8 Å². The lowest BCUT2D eigenvalue weighted by atomic mass is 9.93. The summed E-state index contributed by atoms with van der Waals surface area (Å²) in [5, 5.41) is 14.5. The number of anilines is 2. The average molecular weight is 366 g/mol. The molecule has 0 spiro atoms. The highest BCUT2D eigenvalue weighted by atomic mass is 16.3. The number of nitrogens with zero attached hydrogens (tertiary/aromatic N) is 4. The summed E-state index contributed by atoms with van der Waals surface area (Å²) in [5.74, 6) is 0.759. The van der Waals surface area contributed by atoms with Crippen LogP contribution in [0.5, 0.6) is 0 Å². The normalized spacial score (nSPS) is 19.9. The van der Waals surface area contributed by atoms with Crippen LogP contribution in [-0.2, 0) is 7.05 Å². The number of hydrogen-bond acceptors (Lipinski definition) is 7. The largest absolute Gasteiger partial charge is 0.393 e. The van der Waals surface area contributed by atoms with Crippen molar-refractivity contribution in [1.82, 2.24) is 19.5 Å². The van der Waals surface area contributed by atoms with Gasteiger partial charge in [0.15, 0.2) is 0 Å². The standard InChI is InChI=1S/C19H22N6O2/c1-25-7-6-11-8-15(12-9-21-19(20)22-10-12)24-17(16(11)18(25)27)23-13-2-4-14(26)5-3-13/h6-10,13-14,26H,2-5H2,1H3,(H,23,24)(H2,20,21,22). The molecule has 3 aromatic rings. The SMILES string of the molecule is Cn1ccc2cc(-c3cnc(N)nc3)nc(NC3CCC(O)CC3)c2c1=O. The molecule has 140 valence electrons. The van der Waals surface area contributed by atoms with Gasteiger partial charge in [0.05, 0.1) is 17.2 Å². The molecule has 0 atom stereocenters. The Kier molecular flexibility index (Phi) is 4.49. The molecule has 4 N–H and O–H groups in total. The first-order valence-electron chi connectivity index (χ1n) is 9.04. The van der Waals surface area contributed by atoms with Crippen molar-refractivity contribution in [2.75, 3.05) is 11.1 Å². The number of aliphatic hydroxyl groups is 1. The van der Waals surface area contributed by atoms with E-state index in [1.54, 1.807) is 30.2 Å². The van der Waals surface area contributed by atoms with Crippen LogP contribution in [0, 0.1) is 0 Å². The highest BCUT2D eigenvalue weighted by Crippen LogP contribution is 2.28. The summed E-state index contributed by atoms with van der Waals surface area (Å²) in [6, 6.07) is 3.93. The van der Waals surface area contributed by atoms with E-state index < -0.39 is 0 Å². The molecule has 1 aliphatic carbocycles. The zero-order chi connectivity index (χ0) is 19.0. The summed E-state index contributed by atoms with van der Waals surface area (Å²) in [7, 11) is 1.73. The first kappa shape index (κ1) is 17.4. The molecule has 0 amide bonds. The minimum Gasteiger partial charge on any atom is -0.393 e. The van der Waals surface area contributed by atoms with E-state index in [-0.39, 0.29) is 23.7 Å². The van der Waals surface area contributed by atoms with Crippen LogP contribution in [0.1, 0.15) is 25.7 Å². The molecule has 1 aliphatic rings. The van der Waals surface area contributed by atoms with E-state index in [1.807, 2.05) is 12.1 Å². The summed E-state index contributed by atoms with van der Waals surface area (Å²) in [4.78, 5) is 25.5. The number of aromatic nitrogens is 4. The highest BCUT2D eigenvalue weighted by Gasteiger charge is 2.21. The van der Waals surface area contributed by atoms with E-state index >= 15 is 0 Å². The molecule has 3 heterocycles. The molecule has 27 heavy (non-hydrogen) atoms. The Morgan fingerprint density at radius 1 is 1.22 bits per heavy atom. The van der Waals surface area contributed by atoms with Crippen molar-refractivity contribution in [3.63, 3.8) is 0 Å². The second-order valence-electron chi connectivity index (χ2n) is 7.03. The van der Waals surface area contributed by atoms with Gasteiger partial charge < -0.3 is 20.7 Å². The molecule has 0 radical (unpaired) electrons. The Hall–Kier alpha value is -3.00. The number of fused-ring (bicyclic) bond motifs is 1. The molecule has 1 fully saturated rings. The lowest BCUT2D eigenvalue weighted by molar-refractivity contribution is 0.126. The van der Waals surface area contributed by atoms with Gasteiger partial charge in [-0.1, -0.05) is 0 Å². The topological polar surface area (TPSA) is 119 Å². The zero-order valence-corrected chi connectivity index (χ0v) is 15.1. The molecular weight excluding hydrogens is 344 g/mol. The lowest BCUT2D eigenvalue weighted by Gasteiger charge is -2.27. The molecule has 0 aromatic carbocycles. The second-order valence-corrected chi connectivity index (χ2v) is 7.03. The summed E-state index contributed by atoms with van der Waals surface area (Å²) >= 11 is 0. The number of nitrogens with one attached hydrogen (secondary N) is 1. The third-order valence-corrected chi connectivity index (χ3v) is 5.07. The van der Waals surface area contributed by atoms with E-state index in [1.165, 1.54) is 0 Å². The number of aryl methyl sites for hydroxylation is 1. The monoisotopic (exact) mass is 366 g/mol. The van der Waals surface area contributed by atoms with Crippen LogP contribution in [0.2, 0.25) is 0 Å². The van der Waals surface area contributed by atoms with Crippen molar-refractivity contribution in [2.24, 2.45) is 7.05 Å². The zero-order valence-electron chi connectivity index (χ0n) is 15.1. The molecule has 8 nitrogen and oxygen atoms in total. The van der Waals surface area contributed by atoms with Gasteiger partial charge in [-0.3, -0.25) is 4.79 Å². The molecular formula is C19H22N6O2. The summed E-state index contributed by atoms with van der Waals surface area (Å²) in [6.07, 6.45) is 7.93. The van der Waals surface area contributed by atoms with Crippen molar-refractivity contribution >= 4 is 22.5 Å². The van der Waals surface area contributed by atoms with Crippen LogP contribution in [0.4, 0.5) is 11.8 Å². The van der Waals surface area contributed by atoms with Crippen LogP contribution in [0.3, 0.4) is 0 Å². The van der Waals surface area contributed by atoms with Crippen LogP contribution in [-0.4, -0.2) is 36.8 Å². The Balaban J connectivity index is 1.81. The van der Waals surface area contributed by atoms with Crippen LogP contribution in [0.25, 0.3) is 22.0 Å². The van der Waals surface area contributed by atoms with Crippen molar-refractivity contribution < 1.29 is 5.11 Å². The number of nitrogens with two attached hydrogens (primary N) is 1. The van der Waals surface area contributed by atoms with E-state index in [0.29, 0.717) is 16.9 Å². The third-order valence-electron chi connectivity index (χ3n) is 5.07. The van der Waals surface area contributed by atoms with E-state index in [4.69, 9.17) is 10.7 Å². The maximum Gasteiger partial charge on any atom is 0.261 e. The molecule has 8 heteroatoms. The summed E-state index contributed by atoms with van der Waals surface area (Å²) in [5.41, 5.74) is 6.88. The smallest absolute Gasteiger partial charge is 0.261 e. The maximum absolute atomic E-state index is 12.7. The van der Waals surface area contributed by atoms with Gasteiger partial charge in [0.2, 0.25) is 5.95 Å². The summed E-state index contributed by atoms with van der Waals surface area (Å²) in [6.45, 7) is 0. The van der Waals surface area contributed by atoms with Gasteiger partial charge in [0, 0.05) is 37.2 Å². The van der Waals surface area contributed by atoms with Gasteiger partial charge in [-0.15, -0.1) is 0 Å². The number of rotatable bonds is 3. The number of aliphatic hydroxyl groups excluding tert-OH is 1. The van der Waals surface area contributed by atoms with Crippen molar-refractivity contribution in [3.05, 3.63) is 41.1 Å². The number of nitrogen functional groups attached to an aromatic ring is 1. The van der Waals surface area contributed by atoms with Crippen LogP contribution in [0.15, 0.2) is 35.5 Å². The van der Waals surface area contributed by atoms with Gasteiger partial charge in [-0.25, -0.2) is 15.0 Å². The van der Waals surface area contributed by atoms with Crippen LogP contribution >= 0.6 is 0 Å². The Labute approximate surface area is 156 Å².